The van der Waals surface area contributed by atoms with E-state index in [1.165, 1.54) is 13.8 Å². The molecule has 2 fully saturated rings. The Balaban J connectivity index is 1.97. The maximum Gasteiger partial charge on any atom is 0.340 e. The Morgan fingerprint density at radius 1 is 1.35 bits per heavy atom. The van der Waals surface area contributed by atoms with Gasteiger partial charge in [-0.25, -0.2) is 9.59 Å². The van der Waals surface area contributed by atoms with Crippen LogP contribution < -0.4 is 0 Å². The van der Waals surface area contributed by atoms with Crippen LogP contribution in [0.25, 0.3) is 0 Å². The van der Waals surface area contributed by atoms with E-state index in [1.807, 2.05) is 6.08 Å². The van der Waals surface area contributed by atoms with Crippen LogP contribution in [-0.2, 0) is 19.1 Å². The summed E-state index contributed by atoms with van der Waals surface area (Å²) in [6.07, 6.45) is 1.95. The molecular formula is C18H26ClNO6. The molecule has 146 valence electrons. The van der Waals surface area contributed by atoms with Crippen molar-refractivity contribution in [1.29, 1.82) is 0 Å². The lowest BCUT2D eigenvalue weighted by atomic mass is 9.79. The van der Waals surface area contributed by atoms with Crippen molar-refractivity contribution in [3.05, 3.63) is 11.6 Å². The Bertz CT molecular complexity index is 633. The van der Waals surface area contributed by atoms with Gasteiger partial charge in [-0.3, -0.25) is 4.90 Å². The van der Waals surface area contributed by atoms with Crippen LogP contribution in [0.3, 0.4) is 0 Å². The summed E-state index contributed by atoms with van der Waals surface area (Å²) >= 11 is 6.12. The van der Waals surface area contributed by atoms with Gasteiger partial charge in [-0.1, -0.05) is 13.0 Å². The molecule has 0 amide bonds. The van der Waals surface area contributed by atoms with Crippen LogP contribution in [0, 0.1) is 5.92 Å². The van der Waals surface area contributed by atoms with Crippen molar-refractivity contribution in [3.63, 3.8) is 0 Å². The molecule has 3 aliphatic heterocycles. The molecule has 3 rings (SSSR count). The Morgan fingerprint density at radius 3 is 2.69 bits per heavy atom. The van der Waals surface area contributed by atoms with E-state index >= 15 is 0 Å². The van der Waals surface area contributed by atoms with E-state index in [2.05, 4.69) is 4.90 Å². The fraction of sp³-hybridized carbons (Fsp3) is 0.778. The third kappa shape index (κ3) is 3.15. The van der Waals surface area contributed by atoms with Crippen molar-refractivity contribution in [2.75, 3.05) is 19.7 Å². The number of aliphatic hydroxyl groups is 2. The SMILES string of the molecule is C[C@@H]1C[C@@](O)([C@@H](C)Cl)C(=O)O[C@@H]2CCN3CC=C(COC(=O)[C@@]1(C)O)[C@H]23. The maximum atomic E-state index is 12.8. The smallest absolute Gasteiger partial charge is 0.340 e. The van der Waals surface area contributed by atoms with Gasteiger partial charge >= 0.3 is 11.9 Å². The number of hydrogen-bond donors (Lipinski definition) is 2. The van der Waals surface area contributed by atoms with Crippen LogP contribution in [0.1, 0.15) is 33.6 Å². The summed E-state index contributed by atoms with van der Waals surface area (Å²) in [6.45, 7) is 5.88. The molecule has 8 heteroatoms. The molecule has 0 spiro atoms. The van der Waals surface area contributed by atoms with Crippen molar-refractivity contribution in [1.82, 2.24) is 4.90 Å². The van der Waals surface area contributed by atoms with Gasteiger partial charge in [-0.2, -0.15) is 0 Å². The van der Waals surface area contributed by atoms with Gasteiger partial charge in [0.15, 0.2) is 11.2 Å². The van der Waals surface area contributed by atoms with Crippen molar-refractivity contribution in [2.45, 2.75) is 62.3 Å². The quantitative estimate of drug-likeness (QED) is 0.386. The molecule has 0 unspecified atom stereocenters. The zero-order valence-electron chi connectivity index (χ0n) is 15.3. The van der Waals surface area contributed by atoms with Crippen molar-refractivity contribution < 1.29 is 29.3 Å². The van der Waals surface area contributed by atoms with E-state index in [9.17, 15) is 19.8 Å². The zero-order valence-corrected chi connectivity index (χ0v) is 16.0. The Hall–Kier alpha value is -1.15. The summed E-state index contributed by atoms with van der Waals surface area (Å²) in [6, 6.07) is -0.177. The fourth-order valence-electron chi connectivity index (χ4n) is 3.94. The third-order valence-electron chi connectivity index (χ3n) is 6.04. The number of esters is 2. The van der Waals surface area contributed by atoms with Crippen molar-refractivity contribution >= 4 is 23.5 Å². The van der Waals surface area contributed by atoms with Crippen molar-refractivity contribution in [3.8, 4) is 0 Å². The molecule has 6 atom stereocenters. The Morgan fingerprint density at radius 2 is 2.04 bits per heavy atom. The van der Waals surface area contributed by atoms with E-state index < -0.39 is 40.5 Å². The first-order chi connectivity index (χ1) is 12.1. The number of rotatable bonds is 1. The van der Waals surface area contributed by atoms with Crippen molar-refractivity contribution in [2.24, 2.45) is 5.92 Å². The van der Waals surface area contributed by atoms with Gasteiger partial charge in [-0.05, 0) is 38.2 Å². The van der Waals surface area contributed by atoms with Gasteiger partial charge in [0.25, 0.3) is 0 Å². The standard InChI is InChI=1S/C18H26ClNO6/c1-10-8-18(24,11(2)19)16(22)26-13-5-7-20-6-4-12(14(13)20)9-25-15(21)17(10,3)23/h4,10-11,13-14,23-24H,5-9H2,1-3H3/t10-,11-,13-,14-,17+,18-/m1/s1. The van der Waals surface area contributed by atoms with Crippen LogP contribution in [0.4, 0.5) is 0 Å². The predicted molar refractivity (Wildman–Crippen MR) is 93.6 cm³/mol. The zero-order chi connectivity index (χ0) is 19.3. The van der Waals surface area contributed by atoms with Gasteiger partial charge in [-0.15, -0.1) is 11.6 Å². The Kier molecular flexibility index (Phi) is 5.11. The number of ether oxygens (including phenoxy) is 2. The molecule has 0 radical (unpaired) electrons. The molecular weight excluding hydrogens is 362 g/mol. The molecule has 0 aromatic carbocycles. The van der Waals surface area contributed by atoms with E-state index in [0.29, 0.717) is 13.0 Å². The second kappa shape index (κ2) is 6.78. The highest BCUT2D eigenvalue weighted by Gasteiger charge is 2.52. The Labute approximate surface area is 157 Å². The van der Waals surface area contributed by atoms with E-state index in [0.717, 1.165) is 12.1 Å². The summed E-state index contributed by atoms with van der Waals surface area (Å²) < 4.78 is 11.0. The lowest BCUT2D eigenvalue weighted by molar-refractivity contribution is -0.183. The lowest BCUT2D eigenvalue weighted by Crippen LogP contribution is -2.54. The molecule has 26 heavy (non-hydrogen) atoms. The molecule has 0 aromatic heterocycles. The minimum Gasteiger partial charge on any atom is -0.459 e. The second-order valence-corrected chi connectivity index (χ2v) is 8.47. The van der Waals surface area contributed by atoms with E-state index in [1.54, 1.807) is 6.92 Å². The number of cyclic esters (lactones) is 1. The van der Waals surface area contributed by atoms with Crippen LogP contribution >= 0.6 is 11.6 Å². The molecule has 0 saturated carbocycles. The number of nitrogens with zero attached hydrogens (tertiary/aromatic N) is 1. The first-order valence-electron chi connectivity index (χ1n) is 8.97. The van der Waals surface area contributed by atoms with E-state index in [4.69, 9.17) is 21.1 Å². The topological polar surface area (TPSA) is 96.3 Å². The molecule has 0 bridgehead atoms. The average molecular weight is 388 g/mol. The number of halogens is 1. The lowest BCUT2D eigenvalue weighted by Gasteiger charge is -2.37. The predicted octanol–water partition coefficient (Wildman–Crippen LogP) is 0.605. The van der Waals surface area contributed by atoms with E-state index in [-0.39, 0.29) is 19.1 Å². The largest absolute Gasteiger partial charge is 0.459 e. The van der Waals surface area contributed by atoms with Crippen LogP contribution in [0.15, 0.2) is 11.6 Å². The molecule has 2 saturated heterocycles. The second-order valence-electron chi connectivity index (χ2n) is 7.82. The average Bonchev–Trinajstić information content (AvgIpc) is 3.14. The summed E-state index contributed by atoms with van der Waals surface area (Å²) in [7, 11) is 0. The van der Waals surface area contributed by atoms with Gasteiger partial charge in [0.1, 0.15) is 12.7 Å². The summed E-state index contributed by atoms with van der Waals surface area (Å²) in [5, 5.41) is 20.6. The number of carbonyl (C=O) groups is 2. The first kappa shape index (κ1) is 19.6. The minimum atomic E-state index is -2.01. The maximum absolute atomic E-state index is 12.8. The molecule has 3 aliphatic rings. The highest BCUT2D eigenvalue weighted by molar-refractivity contribution is 6.22. The highest BCUT2D eigenvalue weighted by Crippen LogP contribution is 2.37. The number of carbonyl (C=O) groups excluding carboxylic acids is 2. The summed E-state index contributed by atoms with van der Waals surface area (Å²) in [5.41, 5.74) is -3.03. The fourth-order valence-corrected chi connectivity index (χ4v) is 4.11. The molecule has 7 nitrogen and oxygen atoms in total. The first-order valence-corrected chi connectivity index (χ1v) is 9.41. The normalized spacial score (nSPS) is 42.8. The van der Waals surface area contributed by atoms with Gasteiger partial charge < -0.3 is 19.7 Å². The highest BCUT2D eigenvalue weighted by atomic mass is 35.5. The van der Waals surface area contributed by atoms with Crippen LogP contribution in [0.2, 0.25) is 0 Å². The summed E-state index contributed by atoms with van der Waals surface area (Å²) in [4.78, 5) is 27.4. The molecule has 0 aromatic rings. The molecule has 0 aliphatic carbocycles. The van der Waals surface area contributed by atoms with Gasteiger partial charge in [0.05, 0.1) is 11.4 Å². The van der Waals surface area contributed by atoms with Gasteiger partial charge in [0, 0.05) is 13.1 Å². The molecule has 3 heterocycles. The van der Waals surface area contributed by atoms with Crippen LogP contribution in [0.5, 0.6) is 0 Å². The summed E-state index contributed by atoms with van der Waals surface area (Å²) in [5.74, 6) is -2.37. The van der Waals surface area contributed by atoms with Gasteiger partial charge in [0.2, 0.25) is 0 Å². The van der Waals surface area contributed by atoms with Crippen LogP contribution in [-0.4, -0.2) is 75.5 Å². The monoisotopic (exact) mass is 387 g/mol. The minimum absolute atomic E-state index is 0.0487. The number of hydrogen-bond acceptors (Lipinski definition) is 7. The molecule has 2 N–H and O–H groups in total. The number of alkyl halides is 1. The third-order valence-corrected chi connectivity index (χ3v) is 6.41.